The normalized spacial score (nSPS) is 10.5. The summed E-state index contributed by atoms with van der Waals surface area (Å²) in [5.41, 5.74) is 7.68. The van der Waals surface area contributed by atoms with Crippen LogP contribution in [0.25, 0.3) is 0 Å². The van der Waals surface area contributed by atoms with Crippen molar-refractivity contribution in [3.8, 4) is 0 Å². The van der Waals surface area contributed by atoms with Crippen LogP contribution in [0.5, 0.6) is 0 Å². The van der Waals surface area contributed by atoms with Crippen molar-refractivity contribution >= 4 is 33.4 Å². The van der Waals surface area contributed by atoms with Crippen LogP contribution in [0.1, 0.15) is 5.56 Å². The summed E-state index contributed by atoms with van der Waals surface area (Å²) in [5.74, 6) is 0.594. The molecular formula is C13H11BrFNS. The summed E-state index contributed by atoms with van der Waals surface area (Å²) >= 11 is 5.12. The van der Waals surface area contributed by atoms with E-state index in [2.05, 4.69) is 15.9 Å². The van der Waals surface area contributed by atoms with Crippen molar-refractivity contribution in [2.45, 2.75) is 10.6 Å². The van der Waals surface area contributed by atoms with Gasteiger partial charge >= 0.3 is 0 Å². The molecule has 2 aromatic rings. The largest absolute Gasteiger partial charge is 0.398 e. The summed E-state index contributed by atoms with van der Waals surface area (Å²) in [7, 11) is 0. The van der Waals surface area contributed by atoms with Crippen LogP contribution >= 0.6 is 27.7 Å². The molecule has 0 amide bonds. The van der Waals surface area contributed by atoms with E-state index in [0.29, 0.717) is 0 Å². The average molecular weight is 312 g/mol. The highest BCUT2D eigenvalue weighted by atomic mass is 79.9. The van der Waals surface area contributed by atoms with E-state index in [1.54, 1.807) is 23.9 Å². The molecule has 17 heavy (non-hydrogen) atoms. The van der Waals surface area contributed by atoms with E-state index < -0.39 is 0 Å². The third-order valence-electron chi connectivity index (χ3n) is 2.32. The molecule has 0 aliphatic carbocycles. The van der Waals surface area contributed by atoms with Crippen molar-refractivity contribution in [3.05, 3.63) is 58.3 Å². The minimum Gasteiger partial charge on any atom is -0.398 e. The van der Waals surface area contributed by atoms with Gasteiger partial charge in [0.05, 0.1) is 0 Å². The molecule has 1 nitrogen and oxygen atoms in total. The van der Waals surface area contributed by atoms with Gasteiger partial charge in [-0.25, -0.2) is 4.39 Å². The molecule has 0 heterocycles. The fraction of sp³-hybridized carbons (Fsp3) is 0.0769. The molecule has 2 rings (SSSR count). The minimum absolute atomic E-state index is 0.209. The Morgan fingerprint density at radius 3 is 2.53 bits per heavy atom. The van der Waals surface area contributed by atoms with Gasteiger partial charge in [-0.2, -0.15) is 0 Å². The number of rotatable bonds is 3. The van der Waals surface area contributed by atoms with Crippen molar-refractivity contribution in [3.63, 3.8) is 0 Å². The van der Waals surface area contributed by atoms with Crippen molar-refractivity contribution in [2.75, 3.05) is 5.73 Å². The topological polar surface area (TPSA) is 26.0 Å². The Bertz CT molecular complexity index is 513. The molecule has 0 spiro atoms. The molecular weight excluding hydrogens is 301 g/mol. The fourth-order valence-corrected chi connectivity index (χ4v) is 2.88. The zero-order valence-corrected chi connectivity index (χ0v) is 11.4. The number of hydrogen-bond acceptors (Lipinski definition) is 2. The van der Waals surface area contributed by atoms with E-state index in [9.17, 15) is 4.39 Å². The Kier molecular flexibility index (Phi) is 4.07. The molecule has 2 N–H and O–H groups in total. The molecule has 0 aliphatic heterocycles. The van der Waals surface area contributed by atoms with Crippen molar-refractivity contribution < 1.29 is 4.39 Å². The van der Waals surface area contributed by atoms with E-state index >= 15 is 0 Å². The van der Waals surface area contributed by atoms with Crippen LogP contribution in [-0.2, 0) is 5.75 Å². The predicted octanol–water partition coefficient (Wildman–Crippen LogP) is 4.46. The van der Waals surface area contributed by atoms with E-state index in [1.807, 2.05) is 18.2 Å². The number of hydrogen-bond donors (Lipinski definition) is 1. The first-order valence-corrected chi connectivity index (χ1v) is 6.86. The lowest BCUT2D eigenvalue weighted by Crippen LogP contribution is -1.90. The van der Waals surface area contributed by atoms with Crippen LogP contribution in [0.3, 0.4) is 0 Å². The second-order valence-corrected chi connectivity index (χ2v) is 5.40. The highest BCUT2D eigenvalue weighted by Crippen LogP contribution is 2.30. The van der Waals surface area contributed by atoms with E-state index in [-0.39, 0.29) is 5.82 Å². The van der Waals surface area contributed by atoms with Crippen LogP contribution in [0.2, 0.25) is 0 Å². The third-order valence-corrected chi connectivity index (χ3v) is 4.34. The molecule has 0 aromatic heterocycles. The minimum atomic E-state index is -0.209. The Labute approximate surface area is 112 Å². The lowest BCUT2D eigenvalue weighted by Gasteiger charge is -2.06. The zero-order chi connectivity index (χ0) is 12.3. The van der Waals surface area contributed by atoms with Gasteiger partial charge in [-0.15, -0.1) is 11.8 Å². The number of halogens is 2. The van der Waals surface area contributed by atoms with Gasteiger partial charge in [0.15, 0.2) is 0 Å². The number of nitrogen functional groups attached to an aromatic ring is 1. The molecule has 88 valence electrons. The molecule has 0 fully saturated rings. The lowest BCUT2D eigenvalue weighted by molar-refractivity contribution is 0.626. The average Bonchev–Trinajstić information content (AvgIpc) is 2.33. The van der Waals surface area contributed by atoms with Gasteiger partial charge in [0.25, 0.3) is 0 Å². The van der Waals surface area contributed by atoms with Crippen molar-refractivity contribution in [1.82, 2.24) is 0 Å². The van der Waals surface area contributed by atoms with E-state index in [4.69, 9.17) is 5.73 Å². The Hall–Kier alpha value is -1.00. The smallest absolute Gasteiger partial charge is 0.123 e. The maximum Gasteiger partial charge on any atom is 0.123 e. The maximum atomic E-state index is 12.7. The third kappa shape index (κ3) is 3.23. The highest BCUT2D eigenvalue weighted by Gasteiger charge is 2.03. The monoisotopic (exact) mass is 311 g/mol. The predicted molar refractivity (Wildman–Crippen MR) is 74.5 cm³/mol. The summed E-state index contributed by atoms with van der Waals surface area (Å²) in [4.78, 5) is 1.04. The second kappa shape index (κ2) is 5.56. The van der Waals surface area contributed by atoms with Gasteiger partial charge in [-0.1, -0.05) is 12.1 Å². The van der Waals surface area contributed by atoms with E-state index in [0.717, 1.165) is 26.4 Å². The zero-order valence-electron chi connectivity index (χ0n) is 8.99. The van der Waals surface area contributed by atoms with Crippen LogP contribution < -0.4 is 5.73 Å². The summed E-state index contributed by atoms with van der Waals surface area (Å²) < 4.78 is 13.7. The van der Waals surface area contributed by atoms with Crippen LogP contribution in [0.15, 0.2) is 51.8 Å². The molecule has 4 heteroatoms. The van der Waals surface area contributed by atoms with Gasteiger partial charge in [0.2, 0.25) is 0 Å². The fourth-order valence-electron chi connectivity index (χ4n) is 1.40. The summed E-state index contributed by atoms with van der Waals surface area (Å²) in [6.45, 7) is 0. The van der Waals surface area contributed by atoms with Crippen LogP contribution in [0, 0.1) is 5.82 Å². The van der Waals surface area contributed by atoms with Crippen molar-refractivity contribution in [2.24, 2.45) is 0 Å². The van der Waals surface area contributed by atoms with Gasteiger partial charge in [0, 0.05) is 20.8 Å². The SMILES string of the molecule is Nc1cccc(CSc2ccc(F)cc2)c1Br. The summed E-state index contributed by atoms with van der Waals surface area (Å²) in [5, 5.41) is 0. The highest BCUT2D eigenvalue weighted by molar-refractivity contribution is 9.10. The Morgan fingerprint density at radius 2 is 1.82 bits per heavy atom. The van der Waals surface area contributed by atoms with Gasteiger partial charge in [-0.05, 0) is 51.8 Å². The first kappa shape index (κ1) is 12.5. The molecule has 0 aliphatic rings. The molecule has 2 aromatic carbocycles. The van der Waals surface area contributed by atoms with Crippen LogP contribution in [-0.4, -0.2) is 0 Å². The van der Waals surface area contributed by atoms with Crippen LogP contribution in [0.4, 0.5) is 10.1 Å². The quantitative estimate of drug-likeness (QED) is 0.669. The Morgan fingerprint density at radius 1 is 1.12 bits per heavy atom. The molecule has 0 atom stereocenters. The number of thioether (sulfide) groups is 1. The lowest BCUT2D eigenvalue weighted by atomic mass is 10.2. The maximum absolute atomic E-state index is 12.7. The number of benzene rings is 2. The van der Waals surface area contributed by atoms with Gasteiger partial charge in [0.1, 0.15) is 5.82 Å². The Balaban J connectivity index is 2.07. The summed E-state index contributed by atoms with van der Waals surface area (Å²) in [6.07, 6.45) is 0. The molecule has 0 unspecified atom stereocenters. The second-order valence-electron chi connectivity index (χ2n) is 3.56. The van der Waals surface area contributed by atoms with Crippen molar-refractivity contribution in [1.29, 1.82) is 0 Å². The first-order valence-electron chi connectivity index (χ1n) is 5.08. The number of nitrogens with two attached hydrogens (primary N) is 1. The van der Waals surface area contributed by atoms with E-state index in [1.165, 1.54) is 12.1 Å². The standard InChI is InChI=1S/C13H11BrFNS/c14-13-9(2-1-3-12(13)16)8-17-11-6-4-10(15)5-7-11/h1-7H,8,16H2. The summed E-state index contributed by atoms with van der Waals surface area (Å²) in [6, 6.07) is 12.3. The van der Waals surface area contributed by atoms with Gasteiger partial charge < -0.3 is 5.73 Å². The molecule has 0 saturated heterocycles. The number of anilines is 1. The van der Waals surface area contributed by atoms with Gasteiger partial charge in [-0.3, -0.25) is 0 Å². The molecule has 0 saturated carbocycles. The molecule has 0 radical (unpaired) electrons. The first-order chi connectivity index (χ1) is 8.16. The molecule has 0 bridgehead atoms.